The van der Waals surface area contributed by atoms with Gasteiger partial charge in [0.2, 0.25) is 5.91 Å². The van der Waals surface area contributed by atoms with Gasteiger partial charge >= 0.3 is 12.1 Å². The van der Waals surface area contributed by atoms with Crippen LogP contribution in [0.4, 0.5) is 9.59 Å². The van der Waals surface area contributed by atoms with Crippen LogP contribution < -0.4 is 16.0 Å². The number of rotatable bonds is 17. The number of aromatic nitrogens is 2. The van der Waals surface area contributed by atoms with E-state index in [0.29, 0.717) is 23.6 Å². The van der Waals surface area contributed by atoms with Crippen LogP contribution in [0, 0.1) is 5.92 Å². The number of nitrogens with one attached hydrogen (secondary N) is 3. The predicted molar refractivity (Wildman–Crippen MR) is 213 cm³/mol. The van der Waals surface area contributed by atoms with Gasteiger partial charge in [-0.15, -0.1) is 11.3 Å². The number of benzene rings is 3. The van der Waals surface area contributed by atoms with E-state index >= 15 is 0 Å². The van der Waals surface area contributed by atoms with Crippen LogP contribution in [0.1, 0.15) is 42.0 Å². The monoisotopic (exact) mass is 788 g/mol. The molecule has 5 rings (SSSR count). The van der Waals surface area contributed by atoms with Gasteiger partial charge in [0.1, 0.15) is 17.7 Å². The summed E-state index contributed by atoms with van der Waals surface area (Å²) < 4.78 is 9.47. The van der Waals surface area contributed by atoms with Gasteiger partial charge < -0.3 is 30.7 Å². The number of thiazole rings is 1. The Morgan fingerprint density at radius 2 is 1.56 bits per heavy atom. The summed E-state index contributed by atoms with van der Waals surface area (Å²) in [6.07, 6.45) is 0.758. The number of amides is 4. The number of carbonyl (C=O) groups is 3. The lowest BCUT2D eigenvalue weighted by atomic mass is 9.93. The highest BCUT2D eigenvalue weighted by atomic mass is 35.5. The molecule has 4 atom stereocenters. The first kappa shape index (κ1) is 40.4. The van der Waals surface area contributed by atoms with Crippen LogP contribution in [0.2, 0.25) is 5.02 Å². The molecule has 54 heavy (non-hydrogen) atoms. The lowest BCUT2D eigenvalue weighted by Crippen LogP contribution is -2.55. The summed E-state index contributed by atoms with van der Waals surface area (Å²) in [5.74, 6) is -0.636. The van der Waals surface area contributed by atoms with Crippen LogP contribution in [0.25, 0.3) is 10.6 Å². The summed E-state index contributed by atoms with van der Waals surface area (Å²) >= 11 is 9.04. The number of alkyl carbamates (subject to hydrolysis) is 1. The largest absolute Gasteiger partial charge is 0.444 e. The summed E-state index contributed by atoms with van der Waals surface area (Å²) in [5, 5.41) is 23.8. The maximum Gasteiger partial charge on any atom is 0.407 e. The van der Waals surface area contributed by atoms with E-state index in [1.807, 2.05) is 104 Å². The SMILES string of the molecule is CC(C)[C@H](NC(=O)N(C)Cc1csc(-c2ccccc2Cl)n1)C(=O)N[C@@H](Cc1ccccc1)C[C@H](O)[C@H](Cc1ccccc1)NC(=O)OCc1ccns1. The number of hydrogen-bond acceptors (Lipinski definition) is 9. The number of aliphatic hydroxyl groups excluding tert-OH is 1. The van der Waals surface area contributed by atoms with Crippen molar-refractivity contribution >= 4 is 52.5 Å². The Balaban J connectivity index is 1.26. The van der Waals surface area contributed by atoms with Crippen molar-refractivity contribution in [3.05, 3.63) is 129 Å². The number of nitrogens with zero attached hydrogens (tertiary/aromatic N) is 3. The quantitative estimate of drug-likeness (QED) is 0.0787. The average Bonchev–Trinajstić information content (AvgIpc) is 3.86. The van der Waals surface area contributed by atoms with Crippen LogP contribution >= 0.6 is 34.5 Å². The zero-order valence-electron chi connectivity index (χ0n) is 30.4. The zero-order chi connectivity index (χ0) is 38.5. The first-order valence-corrected chi connectivity index (χ1v) is 19.7. The lowest BCUT2D eigenvalue weighted by Gasteiger charge is -2.30. The van der Waals surface area contributed by atoms with Gasteiger partial charge in [-0.1, -0.05) is 104 Å². The molecule has 0 aliphatic rings. The van der Waals surface area contributed by atoms with Gasteiger partial charge in [0.15, 0.2) is 0 Å². The molecule has 4 amide bonds. The number of ether oxygens (including phenoxy) is 1. The maximum absolute atomic E-state index is 14.0. The van der Waals surface area contributed by atoms with E-state index in [2.05, 4.69) is 25.3 Å². The number of aliphatic hydroxyl groups is 1. The van der Waals surface area contributed by atoms with E-state index in [-0.39, 0.29) is 31.4 Å². The Morgan fingerprint density at radius 3 is 2.20 bits per heavy atom. The second-order valence-electron chi connectivity index (χ2n) is 13.3. The number of halogens is 1. The smallest absolute Gasteiger partial charge is 0.407 e. The molecule has 0 aliphatic heterocycles. The standard InChI is InChI=1S/C40H45ClN6O5S2/c1-26(2)36(46-39(50)47(3)23-30-25-53-38(44-30)32-16-10-11-17-33(32)41)37(49)43-29(20-27-12-6-4-7-13-27)22-35(48)34(21-28-14-8-5-9-15-28)45-40(51)52-24-31-18-19-42-54-31/h4-19,25-26,29,34-36,48H,20-24H2,1-3H3,(H,43,49)(H,45,51)(H,46,50)/t29-,34-,35-,36-/m0/s1. The molecule has 0 spiro atoms. The van der Waals surface area contributed by atoms with Crippen LogP contribution in [-0.2, 0) is 35.5 Å². The van der Waals surface area contributed by atoms with Crippen molar-refractivity contribution in [2.24, 2.45) is 5.92 Å². The van der Waals surface area contributed by atoms with Crippen LogP contribution in [0.15, 0.2) is 103 Å². The molecular formula is C40H45ClN6O5S2. The minimum absolute atomic E-state index is 0.0578. The first-order valence-electron chi connectivity index (χ1n) is 17.7. The molecule has 5 aromatic rings. The molecule has 2 heterocycles. The summed E-state index contributed by atoms with van der Waals surface area (Å²) in [5.41, 5.74) is 3.39. The van der Waals surface area contributed by atoms with Crippen molar-refractivity contribution in [3.63, 3.8) is 0 Å². The molecule has 0 bridgehead atoms. The molecule has 0 fully saturated rings. The van der Waals surface area contributed by atoms with Crippen molar-refractivity contribution in [1.82, 2.24) is 30.2 Å². The van der Waals surface area contributed by atoms with Gasteiger partial charge in [0, 0.05) is 30.2 Å². The summed E-state index contributed by atoms with van der Waals surface area (Å²) in [7, 11) is 1.65. The van der Waals surface area contributed by atoms with E-state index in [1.54, 1.807) is 19.3 Å². The molecule has 4 N–H and O–H groups in total. The highest BCUT2D eigenvalue weighted by Gasteiger charge is 2.31. The Hall–Kier alpha value is -4.82. The van der Waals surface area contributed by atoms with Gasteiger partial charge in [0.05, 0.1) is 34.3 Å². The third-order valence-corrected chi connectivity index (χ3v) is 10.7. The minimum Gasteiger partial charge on any atom is -0.444 e. The molecule has 0 saturated heterocycles. The van der Waals surface area contributed by atoms with E-state index in [1.165, 1.54) is 27.8 Å². The minimum atomic E-state index is -1.07. The van der Waals surface area contributed by atoms with Gasteiger partial charge in [-0.05, 0) is 60.0 Å². The van der Waals surface area contributed by atoms with Gasteiger partial charge in [-0.3, -0.25) is 4.79 Å². The number of hydrogen-bond donors (Lipinski definition) is 4. The molecule has 14 heteroatoms. The fourth-order valence-corrected chi connectivity index (χ4v) is 7.49. The van der Waals surface area contributed by atoms with Crippen molar-refractivity contribution in [2.45, 2.75) is 70.5 Å². The van der Waals surface area contributed by atoms with Crippen LogP contribution in [0.3, 0.4) is 0 Å². The molecule has 3 aromatic carbocycles. The molecule has 284 valence electrons. The fraction of sp³-hybridized carbons (Fsp3) is 0.325. The third kappa shape index (κ3) is 12.1. The summed E-state index contributed by atoms with van der Waals surface area (Å²) in [6, 6.07) is 25.8. The molecule has 2 aromatic heterocycles. The zero-order valence-corrected chi connectivity index (χ0v) is 32.7. The van der Waals surface area contributed by atoms with Gasteiger partial charge in [-0.2, -0.15) is 0 Å². The Bertz CT molecular complexity index is 1930. The Morgan fingerprint density at radius 1 is 0.889 bits per heavy atom. The molecule has 0 unspecified atom stereocenters. The van der Waals surface area contributed by atoms with Gasteiger partial charge in [-0.25, -0.2) is 18.9 Å². The highest BCUT2D eigenvalue weighted by molar-refractivity contribution is 7.13. The first-order chi connectivity index (χ1) is 26.0. The van der Waals surface area contributed by atoms with Crippen molar-refractivity contribution in [1.29, 1.82) is 0 Å². The second kappa shape index (κ2) is 20.0. The number of urea groups is 1. The van der Waals surface area contributed by atoms with Crippen molar-refractivity contribution in [2.75, 3.05) is 7.05 Å². The normalized spacial score (nSPS) is 13.4. The lowest BCUT2D eigenvalue weighted by molar-refractivity contribution is -0.124. The Kier molecular flexibility index (Phi) is 15.0. The predicted octanol–water partition coefficient (Wildman–Crippen LogP) is 7.10. The van der Waals surface area contributed by atoms with E-state index in [0.717, 1.165) is 26.6 Å². The third-order valence-electron chi connectivity index (χ3n) is 8.73. The summed E-state index contributed by atoms with van der Waals surface area (Å²) in [4.78, 5) is 47.3. The van der Waals surface area contributed by atoms with E-state index in [4.69, 9.17) is 16.3 Å². The molecule has 0 aliphatic carbocycles. The summed E-state index contributed by atoms with van der Waals surface area (Å²) in [6.45, 7) is 4.01. The van der Waals surface area contributed by atoms with Crippen LogP contribution in [-0.4, -0.2) is 68.7 Å². The highest BCUT2D eigenvalue weighted by Crippen LogP contribution is 2.30. The molecule has 0 saturated carbocycles. The van der Waals surface area contributed by atoms with E-state index < -0.39 is 36.4 Å². The molecule has 0 radical (unpaired) electrons. The van der Waals surface area contributed by atoms with E-state index in [9.17, 15) is 19.5 Å². The van der Waals surface area contributed by atoms with Crippen molar-refractivity contribution < 1.29 is 24.2 Å². The van der Waals surface area contributed by atoms with Gasteiger partial charge in [0.25, 0.3) is 0 Å². The van der Waals surface area contributed by atoms with Crippen LogP contribution in [0.5, 0.6) is 0 Å². The average molecular weight is 789 g/mol. The maximum atomic E-state index is 14.0. The topological polar surface area (TPSA) is 146 Å². The number of carbonyl (C=O) groups excluding carboxylic acids is 3. The van der Waals surface area contributed by atoms with Crippen molar-refractivity contribution in [3.8, 4) is 10.6 Å². The molecule has 11 nitrogen and oxygen atoms in total. The molecular weight excluding hydrogens is 744 g/mol. The Labute approximate surface area is 328 Å². The fourth-order valence-electron chi connectivity index (χ4n) is 5.87. The second-order valence-corrected chi connectivity index (χ2v) is 15.5.